The molecule has 1 aliphatic heterocycles. The Morgan fingerprint density at radius 3 is 2.50 bits per heavy atom. The number of alkyl halides is 1. The third-order valence-corrected chi connectivity index (χ3v) is 3.70. The lowest BCUT2D eigenvalue weighted by molar-refractivity contribution is 0.0661. The number of allylic oxidation sites excluding steroid dienone is 1. The summed E-state index contributed by atoms with van der Waals surface area (Å²) in [6, 6.07) is 0. The van der Waals surface area contributed by atoms with Crippen LogP contribution in [0.1, 0.15) is 19.8 Å². The Hall–Kier alpha value is -0.0500. The summed E-state index contributed by atoms with van der Waals surface area (Å²) in [6.07, 6.45) is 6.29. The maximum absolute atomic E-state index is 9.29. The van der Waals surface area contributed by atoms with E-state index in [0.717, 1.165) is 32.5 Å². The van der Waals surface area contributed by atoms with Gasteiger partial charge in [0.05, 0.1) is 0 Å². The fourth-order valence-electron chi connectivity index (χ4n) is 1.80. The average Bonchev–Trinajstić information content (AvgIpc) is 2.27. The lowest BCUT2D eigenvalue weighted by Gasteiger charge is -2.39. The summed E-state index contributed by atoms with van der Waals surface area (Å²) in [5.41, 5.74) is -0.00597. The van der Waals surface area contributed by atoms with Crippen LogP contribution in [0.25, 0.3) is 0 Å². The first-order valence-corrected chi connectivity index (χ1v) is 5.80. The first kappa shape index (κ1) is 12.0. The molecule has 0 aromatic heterocycles. The van der Waals surface area contributed by atoms with Crippen molar-refractivity contribution >= 4 is 11.6 Å². The van der Waals surface area contributed by atoms with Gasteiger partial charge in [-0.25, -0.2) is 0 Å². The molecule has 0 radical (unpaired) electrons. The van der Waals surface area contributed by atoms with Crippen molar-refractivity contribution in [3.05, 3.63) is 12.2 Å². The third kappa shape index (κ3) is 2.97. The first-order valence-electron chi connectivity index (χ1n) is 5.27. The van der Waals surface area contributed by atoms with Crippen LogP contribution in [0, 0.1) is 5.41 Å². The van der Waals surface area contributed by atoms with Gasteiger partial charge in [0.25, 0.3) is 0 Å². The van der Waals surface area contributed by atoms with Crippen molar-refractivity contribution in [3.63, 3.8) is 0 Å². The molecule has 1 heterocycles. The second-order valence-corrected chi connectivity index (χ2v) is 4.43. The van der Waals surface area contributed by atoms with E-state index in [0.29, 0.717) is 5.88 Å². The van der Waals surface area contributed by atoms with Gasteiger partial charge in [-0.2, -0.15) is 0 Å². The quantitative estimate of drug-likeness (QED) is 0.574. The standard InChI is InChI=1S/C11H20ClNO/c1-2-3-6-13-7-4-11(9-12,10-14)5-8-13/h2-3,14H,4-10H2,1H3. The van der Waals surface area contributed by atoms with Crippen LogP contribution in [0.2, 0.25) is 0 Å². The molecule has 14 heavy (non-hydrogen) atoms. The van der Waals surface area contributed by atoms with Gasteiger partial charge in [-0.05, 0) is 32.9 Å². The maximum atomic E-state index is 9.29. The van der Waals surface area contributed by atoms with Gasteiger partial charge in [-0.1, -0.05) is 12.2 Å². The van der Waals surface area contributed by atoms with Crippen LogP contribution in [-0.4, -0.2) is 42.1 Å². The Balaban J connectivity index is 2.36. The van der Waals surface area contributed by atoms with E-state index in [2.05, 4.69) is 17.1 Å². The molecule has 0 aromatic rings. The van der Waals surface area contributed by atoms with Crippen LogP contribution in [0.15, 0.2) is 12.2 Å². The molecule has 0 unspecified atom stereocenters. The topological polar surface area (TPSA) is 23.5 Å². The predicted octanol–water partition coefficient (Wildman–Crippen LogP) is 1.88. The van der Waals surface area contributed by atoms with Crippen LogP contribution in [0.4, 0.5) is 0 Å². The smallest absolute Gasteiger partial charge is 0.0499 e. The molecular weight excluding hydrogens is 198 g/mol. The van der Waals surface area contributed by atoms with Crippen molar-refractivity contribution in [2.45, 2.75) is 19.8 Å². The summed E-state index contributed by atoms with van der Waals surface area (Å²) in [5.74, 6) is 0.584. The number of likely N-dealkylation sites (tertiary alicyclic amines) is 1. The number of halogens is 1. The Morgan fingerprint density at radius 1 is 1.43 bits per heavy atom. The van der Waals surface area contributed by atoms with Gasteiger partial charge in [0.1, 0.15) is 0 Å². The van der Waals surface area contributed by atoms with E-state index >= 15 is 0 Å². The summed E-state index contributed by atoms with van der Waals surface area (Å²) in [6.45, 7) is 5.41. The summed E-state index contributed by atoms with van der Waals surface area (Å²) < 4.78 is 0. The van der Waals surface area contributed by atoms with E-state index in [-0.39, 0.29) is 12.0 Å². The highest BCUT2D eigenvalue weighted by Crippen LogP contribution is 2.31. The number of aliphatic hydroxyl groups excluding tert-OH is 1. The average molecular weight is 218 g/mol. The Morgan fingerprint density at radius 2 is 2.07 bits per heavy atom. The van der Waals surface area contributed by atoms with Gasteiger partial charge in [0.2, 0.25) is 0 Å². The highest BCUT2D eigenvalue weighted by molar-refractivity contribution is 6.18. The second-order valence-electron chi connectivity index (χ2n) is 4.16. The van der Waals surface area contributed by atoms with Crippen LogP contribution in [0.5, 0.6) is 0 Å². The minimum absolute atomic E-state index is 0.00597. The number of piperidine rings is 1. The summed E-state index contributed by atoms with van der Waals surface area (Å²) >= 11 is 5.90. The predicted molar refractivity (Wildman–Crippen MR) is 60.7 cm³/mol. The van der Waals surface area contributed by atoms with Crippen LogP contribution in [0.3, 0.4) is 0 Å². The van der Waals surface area contributed by atoms with E-state index in [4.69, 9.17) is 11.6 Å². The number of rotatable bonds is 4. The molecular formula is C11H20ClNO. The Labute approximate surface area is 91.6 Å². The molecule has 1 fully saturated rings. The molecule has 0 bridgehead atoms. The molecule has 0 aromatic carbocycles. The zero-order valence-electron chi connectivity index (χ0n) is 8.88. The van der Waals surface area contributed by atoms with Gasteiger partial charge >= 0.3 is 0 Å². The third-order valence-electron chi connectivity index (χ3n) is 3.13. The molecule has 82 valence electrons. The van der Waals surface area contributed by atoms with Gasteiger partial charge in [-0.3, -0.25) is 4.90 Å². The number of hydrogen-bond donors (Lipinski definition) is 1. The van der Waals surface area contributed by atoms with Crippen molar-refractivity contribution in [1.29, 1.82) is 0 Å². The molecule has 0 spiro atoms. The summed E-state index contributed by atoms with van der Waals surface area (Å²) in [7, 11) is 0. The van der Waals surface area contributed by atoms with Gasteiger partial charge < -0.3 is 5.11 Å². The maximum Gasteiger partial charge on any atom is 0.0499 e. The normalized spacial score (nSPS) is 23.1. The number of nitrogens with zero attached hydrogens (tertiary/aromatic N) is 1. The summed E-state index contributed by atoms with van der Waals surface area (Å²) in [4.78, 5) is 2.40. The number of aliphatic hydroxyl groups is 1. The molecule has 2 nitrogen and oxygen atoms in total. The fourth-order valence-corrected chi connectivity index (χ4v) is 2.15. The van der Waals surface area contributed by atoms with Crippen molar-refractivity contribution < 1.29 is 5.11 Å². The van der Waals surface area contributed by atoms with E-state index in [9.17, 15) is 5.11 Å². The van der Waals surface area contributed by atoms with E-state index < -0.39 is 0 Å². The fraction of sp³-hybridized carbons (Fsp3) is 0.818. The van der Waals surface area contributed by atoms with Crippen molar-refractivity contribution in [2.75, 3.05) is 32.1 Å². The highest BCUT2D eigenvalue weighted by Gasteiger charge is 2.32. The van der Waals surface area contributed by atoms with Crippen molar-refractivity contribution in [3.8, 4) is 0 Å². The molecule has 0 amide bonds. The van der Waals surface area contributed by atoms with E-state index in [1.54, 1.807) is 0 Å². The van der Waals surface area contributed by atoms with Crippen LogP contribution >= 0.6 is 11.6 Å². The van der Waals surface area contributed by atoms with Gasteiger partial charge in [0, 0.05) is 24.4 Å². The van der Waals surface area contributed by atoms with E-state index in [1.165, 1.54) is 0 Å². The molecule has 0 aliphatic carbocycles. The molecule has 0 atom stereocenters. The molecule has 1 N–H and O–H groups in total. The molecule has 1 rings (SSSR count). The number of hydrogen-bond acceptors (Lipinski definition) is 2. The lowest BCUT2D eigenvalue weighted by atomic mass is 9.81. The van der Waals surface area contributed by atoms with Crippen molar-refractivity contribution in [1.82, 2.24) is 4.90 Å². The molecule has 1 saturated heterocycles. The monoisotopic (exact) mass is 217 g/mol. The zero-order chi connectivity index (χ0) is 10.4. The minimum Gasteiger partial charge on any atom is -0.396 e. The largest absolute Gasteiger partial charge is 0.396 e. The molecule has 0 saturated carbocycles. The molecule has 3 heteroatoms. The Bertz CT molecular complexity index is 180. The molecule has 1 aliphatic rings. The van der Waals surface area contributed by atoms with Gasteiger partial charge in [0.15, 0.2) is 0 Å². The minimum atomic E-state index is -0.00597. The van der Waals surface area contributed by atoms with Crippen molar-refractivity contribution in [2.24, 2.45) is 5.41 Å². The Kier molecular flexibility index (Phi) is 4.93. The SMILES string of the molecule is CC=CCN1CCC(CO)(CCl)CC1. The zero-order valence-corrected chi connectivity index (χ0v) is 9.63. The highest BCUT2D eigenvalue weighted by atomic mass is 35.5. The van der Waals surface area contributed by atoms with E-state index in [1.807, 2.05) is 6.92 Å². The van der Waals surface area contributed by atoms with Gasteiger partial charge in [-0.15, -0.1) is 11.6 Å². The lowest BCUT2D eigenvalue weighted by Crippen LogP contribution is -2.43. The first-order chi connectivity index (χ1) is 6.76. The second kappa shape index (κ2) is 5.74. The summed E-state index contributed by atoms with van der Waals surface area (Å²) in [5, 5.41) is 9.29. The van der Waals surface area contributed by atoms with Crippen LogP contribution < -0.4 is 0 Å². The van der Waals surface area contributed by atoms with Crippen LogP contribution in [-0.2, 0) is 0 Å².